The Morgan fingerprint density at radius 2 is 2.00 bits per heavy atom. The summed E-state index contributed by atoms with van der Waals surface area (Å²) in [6.45, 7) is 2.44. The summed E-state index contributed by atoms with van der Waals surface area (Å²) in [5, 5.41) is -0.134. The highest BCUT2D eigenvalue weighted by molar-refractivity contribution is 8.00. The predicted molar refractivity (Wildman–Crippen MR) is 107 cm³/mol. The second-order valence-electron chi connectivity index (χ2n) is 6.64. The Morgan fingerprint density at radius 3 is 2.78 bits per heavy atom. The first-order valence-electron chi connectivity index (χ1n) is 8.78. The fraction of sp³-hybridized carbons (Fsp3) is 0.182. The Hall–Kier alpha value is -2.66. The van der Waals surface area contributed by atoms with Crippen LogP contribution in [0.25, 0.3) is 11.1 Å². The molecule has 0 spiro atoms. The quantitative estimate of drug-likeness (QED) is 0.643. The molecule has 3 nitrogen and oxygen atoms in total. The second kappa shape index (κ2) is 7.53. The lowest BCUT2D eigenvalue weighted by Crippen LogP contribution is -2.28. The number of hydrogen-bond acceptors (Lipinski definition) is 3. The standard InChI is InChI=1S/C22H19FN2OS/c1-15-5-7-17(8-6-15)19-9-10-24-12-20(19)22-25(21(26)14-27-22)13-16-3-2-4-18(23)11-16/h2-12,22H,13-14H2,1H3. The van der Waals surface area contributed by atoms with Gasteiger partial charge in [0, 0.05) is 24.5 Å². The van der Waals surface area contributed by atoms with Crippen LogP contribution >= 0.6 is 11.8 Å². The number of thioether (sulfide) groups is 1. The molecule has 0 saturated carbocycles. The molecule has 1 atom stereocenters. The van der Waals surface area contributed by atoms with Crippen LogP contribution in [0.5, 0.6) is 0 Å². The highest BCUT2D eigenvalue weighted by Crippen LogP contribution is 2.43. The highest BCUT2D eigenvalue weighted by atomic mass is 32.2. The molecule has 1 amide bonds. The van der Waals surface area contributed by atoms with Crippen molar-refractivity contribution in [2.24, 2.45) is 0 Å². The zero-order chi connectivity index (χ0) is 18.8. The van der Waals surface area contributed by atoms with Crippen molar-refractivity contribution in [3.8, 4) is 11.1 Å². The first kappa shape index (κ1) is 17.7. The number of nitrogens with zero attached hydrogens (tertiary/aromatic N) is 2. The molecule has 1 aromatic heterocycles. The van der Waals surface area contributed by atoms with Gasteiger partial charge in [0.2, 0.25) is 5.91 Å². The topological polar surface area (TPSA) is 33.2 Å². The average Bonchev–Trinajstić information content (AvgIpc) is 3.03. The predicted octanol–water partition coefficient (Wildman–Crippen LogP) is 4.97. The van der Waals surface area contributed by atoms with Crippen LogP contribution in [0.2, 0.25) is 0 Å². The molecule has 2 aromatic carbocycles. The van der Waals surface area contributed by atoms with E-state index >= 15 is 0 Å². The number of benzene rings is 2. The molecule has 1 aliphatic heterocycles. The lowest BCUT2D eigenvalue weighted by atomic mass is 10.00. The van der Waals surface area contributed by atoms with Gasteiger partial charge < -0.3 is 4.90 Å². The average molecular weight is 378 g/mol. The van der Waals surface area contributed by atoms with E-state index in [-0.39, 0.29) is 17.1 Å². The lowest BCUT2D eigenvalue weighted by molar-refractivity contribution is -0.128. The summed E-state index contributed by atoms with van der Waals surface area (Å²) in [6.07, 6.45) is 3.61. The van der Waals surface area contributed by atoms with Gasteiger partial charge in [-0.15, -0.1) is 11.8 Å². The number of carbonyl (C=O) groups is 1. The van der Waals surface area contributed by atoms with Crippen LogP contribution in [0.1, 0.15) is 22.1 Å². The number of carbonyl (C=O) groups excluding carboxylic acids is 1. The van der Waals surface area contributed by atoms with Gasteiger partial charge in [-0.25, -0.2) is 4.39 Å². The van der Waals surface area contributed by atoms with Crippen molar-refractivity contribution in [3.63, 3.8) is 0 Å². The fourth-order valence-electron chi connectivity index (χ4n) is 3.31. The van der Waals surface area contributed by atoms with Gasteiger partial charge in [0.05, 0.1) is 5.75 Å². The number of aromatic nitrogens is 1. The molecule has 4 rings (SSSR count). The van der Waals surface area contributed by atoms with Crippen molar-refractivity contribution in [3.05, 3.63) is 89.5 Å². The smallest absolute Gasteiger partial charge is 0.234 e. The van der Waals surface area contributed by atoms with Gasteiger partial charge in [-0.05, 0) is 41.8 Å². The van der Waals surface area contributed by atoms with E-state index in [9.17, 15) is 9.18 Å². The minimum Gasteiger partial charge on any atom is -0.321 e. The highest BCUT2D eigenvalue weighted by Gasteiger charge is 2.34. The zero-order valence-electron chi connectivity index (χ0n) is 14.9. The molecule has 5 heteroatoms. The lowest BCUT2D eigenvalue weighted by Gasteiger charge is -2.26. The van der Waals surface area contributed by atoms with Gasteiger partial charge in [-0.2, -0.15) is 0 Å². The van der Waals surface area contributed by atoms with Crippen molar-refractivity contribution in [2.75, 3.05) is 5.75 Å². The number of halogens is 1. The third-order valence-corrected chi connectivity index (χ3v) is 5.93. The van der Waals surface area contributed by atoms with Crippen LogP contribution in [-0.2, 0) is 11.3 Å². The summed E-state index contributed by atoms with van der Waals surface area (Å²) < 4.78 is 13.6. The minimum atomic E-state index is -0.287. The Balaban J connectivity index is 1.69. The number of rotatable bonds is 4. The van der Waals surface area contributed by atoms with E-state index in [0.717, 1.165) is 22.3 Å². The van der Waals surface area contributed by atoms with Gasteiger partial charge in [-0.3, -0.25) is 9.78 Å². The molecular formula is C22H19FN2OS. The zero-order valence-corrected chi connectivity index (χ0v) is 15.7. The molecular weight excluding hydrogens is 359 g/mol. The van der Waals surface area contributed by atoms with Crippen molar-refractivity contribution >= 4 is 17.7 Å². The molecule has 1 fully saturated rings. The summed E-state index contributed by atoms with van der Waals surface area (Å²) in [6, 6.07) is 16.8. The van der Waals surface area contributed by atoms with Crippen LogP contribution in [-0.4, -0.2) is 21.5 Å². The summed E-state index contributed by atoms with van der Waals surface area (Å²) in [5.74, 6) is 0.195. The van der Waals surface area contributed by atoms with Crippen molar-refractivity contribution < 1.29 is 9.18 Å². The maximum atomic E-state index is 13.6. The SMILES string of the molecule is Cc1ccc(-c2ccncc2C2SCC(=O)N2Cc2cccc(F)c2)cc1. The summed E-state index contributed by atoms with van der Waals surface area (Å²) >= 11 is 1.59. The maximum absolute atomic E-state index is 13.6. The van der Waals surface area contributed by atoms with Crippen LogP contribution < -0.4 is 0 Å². The Bertz CT molecular complexity index is 974. The molecule has 1 unspecified atom stereocenters. The molecule has 1 aliphatic rings. The molecule has 0 radical (unpaired) electrons. The first-order valence-corrected chi connectivity index (χ1v) is 9.83. The summed E-state index contributed by atoms with van der Waals surface area (Å²) in [4.78, 5) is 18.6. The van der Waals surface area contributed by atoms with Gasteiger partial charge in [0.15, 0.2) is 0 Å². The van der Waals surface area contributed by atoms with Crippen molar-refractivity contribution in [1.82, 2.24) is 9.88 Å². The molecule has 27 heavy (non-hydrogen) atoms. The second-order valence-corrected chi connectivity index (χ2v) is 7.71. The Labute approximate surface area is 162 Å². The number of aryl methyl sites for hydroxylation is 1. The van der Waals surface area contributed by atoms with E-state index in [1.807, 2.05) is 23.2 Å². The van der Waals surface area contributed by atoms with E-state index in [0.29, 0.717) is 12.3 Å². The monoisotopic (exact) mass is 378 g/mol. The molecule has 136 valence electrons. The molecule has 1 saturated heterocycles. The van der Waals surface area contributed by atoms with Crippen LogP contribution in [0.4, 0.5) is 4.39 Å². The first-order chi connectivity index (χ1) is 13.1. The van der Waals surface area contributed by atoms with Crippen molar-refractivity contribution in [2.45, 2.75) is 18.8 Å². The fourth-order valence-corrected chi connectivity index (χ4v) is 4.52. The normalized spacial score (nSPS) is 16.7. The third-order valence-electron chi connectivity index (χ3n) is 4.69. The Morgan fingerprint density at radius 1 is 1.19 bits per heavy atom. The molecule has 3 aromatic rings. The van der Waals surface area contributed by atoms with Gasteiger partial charge in [0.1, 0.15) is 11.2 Å². The van der Waals surface area contributed by atoms with E-state index in [2.05, 4.69) is 36.2 Å². The summed E-state index contributed by atoms with van der Waals surface area (Å²) in [7, 11) is 0. The Kier molecular flexibility index (Phi) is 4.94. The van der Waals surface area contributed by atoms with Gasteiger partial charge >= 0.3 is 0 Å². The van der Waals surface area contributed by atoms with E-state index in [1.165, 1.54) is 17.7 Å². The van der Waals surface area contributed by atoms with Gasteiger partial charge in [0.25, 0.3) is 0 Å². The summed E-state index contributed by atoms with van der Waals surface area (Å²) in [5.41, 5.74) is 5.17. The van der Waals surface area contributed by atoms with Gasteiger partial charge in [-0.1, -0.05) is 42.0 Å². The van der Waals surface area contributed by atoms with Crippen LogP contribution in [0.3, 0.4) is 0 Å². The van der Waals surface area contributed by atoms with E-state index in [4.69, 9.17) is 0 Å². The molecule has 2 heterocycles. The maximum Gasteiger partial charge on any atom is 0.234 e. The molecule has 0 bridgehead atoms. The number of hydrogen-bond donors (Lipinski definition) is 0. The largest absolute Gasteiger partial charge is 0.321 e. The minimum absolute atomic E-state index is 0.0629. The number of amides is 1. The van der Waals surface area contributed by atoms with Crippen LogP contribution in [0, 0.1) is 12.7 Å². The van der Waals surface area contributed by atoms with E-state index < -0.39 is 0 Å². The van der Waals surface area contributed by atoms with E-state index in [1.54, 1.807) is 24.0 Å². The molecule has 0 aliphatic carbocycles. The third kappa shape index (κ3) is 3.74. The van der Waals surface area contributed by atoms with Crippen molar-refractivity contribution in [1.29, 1.82) is 0 Å². The van der Waals surface area contributed by atoms with Crippen LogP contribution in [0.15, 0.2) is 67.0 Å². The molecule has 0 N–H and O–H groups in total. The number of pyridine rings is 1.